The molecular weight excluding hydrogens is 406 g/mol. The molecule has 2 aromatic rings. The van der Waals surface area contributed by atoms with E-state index in [1.807, 2.05) is 42.7 Å². The molecule has 1 aromatic carbocycles. The zero-order valence-corrected chi connectivity index (χ0v) is 17.0. The number of benzene rings is 1. The summed E-state index contributed by atoms with van der Waals surface area (Å²) >= 11 is 4.78. The van der Waals surface area contributed by atoms with Crippen molar-refractivity contribution in [2.45, 2.75) is 50.8 Å². The Balaban J connectivity index is 2.06. The average Bonchev–Trinajstić information content (AvgIpc) is 3.00. The van der Waals surface area contributed by atoms with Gasteiger partial charge in [-0.2, -0.15) is 0 Å². The van der Waals surface area contributed by atoms with Crippen LogP contribution in [0.4, 0.5) is 0 Å². The van der Waals surface area contributed by atoms with E-state index in [9.17, 15) is 4.79 Å². The molecule has 0 bridgehead atoms. The number of rotatable bonds is 9. The summed E-state index contributed by atoms with van der Waals surface area (Å²) in [5.41, 5.74) is 0. The minimum atomic E-state index is -0.283. The smallest absolute Gasteiger partial charge is 0.319 e. The number of hydrogen-bond donors (Lipinski definition) is 0. The summed E-state index contributed by atoms with van der Waals surface area (Å²) in [5.74, 6) is 1.28. The SMILES string of the molecule is CCOC(=O)[C@@H](CC)Sc1nnc(COc2ccc(Br)cc2)n1CC. The number of aromatic nitrogens is 3. The molecule has 0 aliphatic heterocycles. The summed E-state index contributed by atoms with van der Waals surface area (Å²) in [4.78, 5) is 12.0. The van der Waals surface area contributed by atoms with Gasteiger partial charge in [-0.15, -0.1) is 10.2 Å². The van der Waals surface area contributed by atoms with Crippen molar-refractivity contribution in [3.63, 3.8) is 0 Å². The third-order valence-corrected chi connectivity index (χ3v) is 5.31. The van der Waals surface area contributed by atoms with Crippen LogP contribution in [0, 0.1) is 0 Å². The Morgan fingerprint density at radius 1 is 1.24 bits per heavy atom. The third-order valence-electron chi connectivity index (χ3n) is 3.46. The van der Waals surface area contributed by atoms with Crippen molar-refractivity contribution in [2.24, 2.45) is 0 Å². The van der Waals surface area contributed by atoms with Crippen LogP contribution >= 0.6 is 27.7 Å². The normalized spacial score (nSPS) is 12.0. The number of halogens is 1. The molecule has 0 fully saturated rings. The van der Waals surface area contributed by atoms with E-state index in [-0.39, 0.29) is 11.2 Å². The maximum absolute atomic E-state index is 12.0. The van der Waals surface area contributed by atoms with Crippen LogP contribution in [-0.2, 0) is 22.7 Å². The Labute approximate surface area is 160 Å². The molecule has 1 aromatic heterocycles. The minimum Gasteiger partial charge on any atom is -0.486 e. The van der Waals surface area contributed by atoms with Gasteiger partial charge in [0, 0.05) is 11.0 Å². The highest BCUT2D eigenvalue weighted by molar-refractivity contribution is 9.10. The van der Waals surface area contributed by atoms with Gasteiger partial charge in [0.25, 0.3) is 0 Å². The van der Waals surface area contributed by atoms with E-state index in [0.29, 0.717) is 31.3 Å². The lowest BCUT2D eigenvalue weighted by atomic mass is 10.3. The number of carbonyl (C=O) groups excluding carboxylic acids is 1. The van der Waals surface area contributed by atoms with E-state index in [4.69, 9.17) is 9.47 Å². The zero-order chi connectivity index (χ0) is 18.2. The molecule has 0 amide bonds. The van der Waals surface area contributed by atoms with Crippen LogP contribution in [-0.4, -0.2) is 32.6 Å². The largest absolute Gasteiger partial charge is 0.486 e. The summed E-state index contributed by atoms with van der Waals surface area (Å²) in [7, 11) is 0. The molecule has 136 valence electrons. The van der Waals surface area contributed by atoms with Gasteiger partial charge in [0.15, 0.2) is 11.0 Å². The van der Waals surface area contributed by atoms with E-state index in [0.717, 1.165) is 16.0 Å². The first-order valence-corrected chi connectivity index (χ1v) is 9.90. The fourth-order valence-corrected chi connectivity index (χ4v) is 3.47. The first-order valence-electron chi connectivity index (χ1n) is 8.22. The lowest BCUT2D eigenvalue weighted by Crippen LogP contribution is -2.20. The number of ether oxygens (including phenoxy) is 2. The van der Waals surface area contributed by atoms with E-state index >= 15 is 0 Å². The summed E-state index contributed by atoms with van der Waals surface area (Å²) < 4.78 is 13.9. The van der Waals surface area contributed by atoms with E-state index in [1.165, 1.54) is 11.8 Å². The molecule has 1 atom stereocenters. The van der Waals surface area contributed by atoms with Crippen molar-refractivity contribution in [3.8, 4) is 5.75 Å². The molecular formula is C17H22BrN3O3S. The van der Waals surface area contributed by atoms with Crippen LogP contribution in [0.3, 0.4) is 0 Å². The third kappa shape index (κ3) is 5.47. The molecule has 0 saturated heterocycles. The Morgan fingerprint density at radius 2 is 1.96 bits per heavy atom. The second-order valence-electron chi connectivity index (χ2n) is 5.15. The van der Waals surface area contributed by atoms with Gasteiger partial charge in [-0.1, -0.05) is 34.6 Å². The van der Waals surface area contributed by atoms with Gasteiger partial charge in [0.1, 0.15) is 17.6 Å². The predicted octanol–water partition coefficient (Wildman–Crippen LogP) is 4.07. The quantitative estimate of drug-likeness (QED) is 0.443. The monoisotopic (exact) mass is 427 g/mol. The fourth-order valence-electron chi connectivity index (χ4n) is 2.17. The highest BCUT2D eigenvalue weighted by Crippen LogP contribution is 2.26. The van der Waals surface area contributed by atoms with Crippen molar-refractivity contribution >= 4 is 33.7 Å². The van der Waals surface area contributed by atoms with Crippen molar-refractivity contribution in [1.29, 1.82) is 0 Å². The number of carbonyl (C=O) groups is 1. The van der Waals surface area contributed by atoms with E-state index < -0.39 is 0 Å². The molecule has 0 radical (unpaired) electrons. The van der Waals surface area contributed by atoms with Crippen LogP contribution in [0.25, 0.3) is 0 Å². The first kappa shape index (κ1) is 19.8. The Kier molecular flexibility index (Phi) is 7.77. The van der Waals surface area contributed by atoms with Gasteiger partial charge >= 0.3 is 5.97 Å². The van der Waals surface area contributed by atoms with Crippen molar-refractivity contribution in [3.05, 3.63) is 34.6 Å². The Bertz CT molecular complexity index is 691. The van der Waals surface area contributed by atoms with Crippen molar-refractivity contribution < 1.29 is 14.3 Å². The molecule has 0 saturated carbocycles. The maximum atomic E-state index is 12.0. The number of hydrogen-bond acceptors (Lipinski definition) is 6. The average molecular weight is 428 g/mol. The van der Waals surface area contributed by atoms with Crippen LogP contribution in [0.1, 0.15) is 33.0 Å². The topological polar surface area (TPSA) is 66.2 Å². The molecule has 25 heavy (non-hydrogen) atoms. The Morgan fingerprint density at radius 3 is 2.56 bits per heavy atom. The van der Waals surface area contributed by atoms with E-state index in [2.05, 4.69) is 26.1 Å². The lowest BCUT2D eigenvalue weighted by molar-refractivity contribution is -0.142. The Hall–Kier alpha value is -1.54. The number of thioether (sulfide) groups is 1. The molecule has 0 aliphatic carbocycles. The fraction of sp³-hybridized carbons (Fsp3) is 0.471. The number of esters is 1. The second-order valence-corrected chi connectivity index (χ2v) is 7.24. The lowest BCUT2D eigenvalue weighted by Gasteiger charge is -2.13. The van der Waals surface area contributed by atoms with Gasteiger partial charge in [-0.05, 0) is 44.5 Å². The molecule has 8 heteroatoms. The summed E-state index contributed by atoms with van der Waals surface area (Å²) in [6.45, 7) is 7.18. The van der Waals surface area contributed by atoms with Gasteiger partial charge in [-0.3, -0.25) is 4.79 Å². The molecule has 0 unspecified atom stereocenters. The van der Waals surface area contributed by atoms with Crippen LogP contribution in [0.15, 0.2) is 33.9 Å². The molecule has 0 aliphatic rings. The highest BCUT2D eigenvalue weighted by Gasteiger charge is 2.23. The molecule has 2 rings (SSSR count). The van der Waals surface area contributed by atoms with Gasteiger partial charge in [0.2, 0.25) is 0 Å². The van der Waals surface area contributed by atoms with E-state index in [1.54, 1.807) is 6.92 Å². The van der Waals surface area contributed by atoms with Gasteiger partial charge in [0.05, 0.1) is 6.61 Å². The maximum Gasteiger partial charge on any atom is 0.319 e. The highest BCUT2D eigenvalue weighted by atomic mass is 79.9. The van der Waals surface area contributed by atoms with Gasteiger partial charge < -0.3 is 14.0 Å². The van der Waals surface area contributed by atoms with Crippen LogP contribution in [0.2, 0.25) is 0 Å². The van der Waals surface area contributed by atoms with Crippen LogP contribution in [0.5, 0.6) is 5.75 Å². The summed E-state index contributed by atoms with van der Waals surface area (Å²) in [6, 6.07) is 7.62. The standard InChI is InChI=1S/C17H22BrN3O3S/c1-4-14(16(22)23-6-3)25-17-20-19-15(21(17)5-2)11-24-13-9-7-12(18)8-10-13/h7-10,14H,4-6,11H2,1-3H3/t14-/m1/s1. The second kappa shape index (κ2) is 9.82. The minimum absolute atomic E-state index is 0.215. The van der Waals surface area contributed by atoms with Crippen molar-refractivity contribution in [1.82, 2.24) is 14.8 Å². The molecule has 6 nitrogen and oxygen atoms in total. The predicted molar refractivity (Wildman–Crippen MR) is 101 cm³/mol. The van der Waals surface area contributed by atoms with Gasteiger partial charge in [-0.25, -0.2) is 0 Å². The molecule has 0 N–H and O–H groups in total. The molecule has 0 spiro atoms. The van der Waals surface area contributed by atoms with Crippen LogP contribution < -0.4 is 4.74 Å². The molecule has 1 heterocycles. The summed E-state index contributed by atoms with van der Waals surface area (Å²) in [5, 5.41) is 8.87. The van der Waals surface area contributed by atoms with Crippen molar-refractivity contribution in [2.75, 3.05) is 6.61 Å². The number of nitrogens with zero attached hydrogens (tertiary/aromatic N) is 3. The zero-order valence-electron chi connectivity index (χ0n) is 14.6. The summed E-state index contributed by atoms with van der Waals surface area (Å²) in [6.07, 6.45) is 0.671. The first-order chi connectivity index (χ1) is 12.1.